The molecule has 2 aliphatic heterocycles. The van der Waals surface area contributed by atoms with Gasteiger partial charge in [-0.2, -0.15) is 0 Å². The Morgan fingerprint density at radius 2 is 1.84 bits per heavy atom. The number of likely N-dealkylation sites (tertiary alicyclic amines) is 1. The van der Waals surface area contributed by atoms with Crippen LogP contribution in [0.4, 0.5) is 0 Å². The second kappa shape index (κ2) is 6.20. The van der Waals surface area contributed by atoms with Crippen molar-refractivity contribution in [1.29, 1.82) is 0 Å². The number of fused-ring (bicyclic) bond motifs is 2. The number of amides is 1. The van der Waals surface area contributed by atoms with E-state index in [1.54, 1.807) is 17.0 Å². The Bertz CT molecular complexity index is 843. The number of ether oxygens (including phenoxy) is 1. The summed E-state index contributed by atoms with van der Waals surface area (Å²) < 4.78 is 5.75. The van der Waals surface area contributed by atoms with Crippen molar-refractivity contribution in [1.82, 2.24) is 4.90 Å². The molecule has 1 fully saturated rings. The standard InChI is InChI=1S/C21H19NO3/c23-19(12-11-16-7-2-1-3-8-16)22-14-6-13-21(15-22)18-10-5-4-9-17(18)20(24)25-21/h1-5,7-12H,6,13-15H2/b12-11+/t21-/m0/s1. The van der Waals surface area contributed by atoms with Crippen molar-refractivity contribution in [3.8, 4) is 0 Å². The SMILES string of the molecule is O=C1O[C@]2(CCCN(C(=O)/C=C/c3ccccc3)C2)c2ccccc21. The zero-order valence-corrected chi connectivity index (χ0v) is 13.9. The number of esters is 1. The van der Waals surface area contributed by atoms with Gasteiger partial charge in [0.15, 0.2) is 5.60 Å². The molecule has 1 atom stereocenters. The molecule has 2 aromatic carbocycles. The molecule has 0 aromatic heterocycles. The first-order valence-electron chi connectivity index (χ1n) is 8.53. The van der Waals surface area contributed by atoms with E-state index in [-0.39, 0.29) is 11.9 Å². The normalized spacial score (nSPS) is 22.2. The minimum absolute atomic E-state index is 0.0524. The van der Waals surface area contributed by atoms with Crippen LogP contribution in [0.5, 0.6) is 0 Å². The smallest absolute Gasteiger partial charge is 0.339 e. The monoisotopic (exact) mass is 333 g/mol. The first-order chi connectivity index (χ1) is 12.2. The van der Waals surface area contributed by atoms with Crippen molar-refractivity contribution in [2.45, 2.75) is 18.4 Å². The summed E-state index contributed by atoms with van der Waals surface area (Å²) in [4.78, 5) is 26.6. The molecule has 0 unspecified atom stereocenters. The van der Waals surface area contributed by atoms with Gasteiger partial charge in [0.25, 0.3) is 0 Å². The molecule has 0 N–H and O–H groups in total. The summed E-state index contributed by atoms with van der Waals surface area (Å²) in [5.41, 5.74) is 1.82. The van der Waals surface area contributed by atoms with Crippen LogP contribution in [0.2, 0.25) is 0 Å². The molecule has 0 radical (unpaired) electrons. The first-order valence-corrected chi connectivity index (χ1v) is 8.53. The Morgan fingerprint density at radius 3 is 2.68 bits per heavy atom. The van der Waals surface area contributed by atoms with E-state index in [0.717, 1.165) is 24.0 Å². The summed E-state index contributed by atoms with van der Waals surface area (Å²) in [6, 6.07) is 17.2. The van der Waals surface area contributed by atoms with Gasteiger partial charge in [-0.3, -0.25) is 4.79 Å². The average Bonchev–Trinajstić information content (AvgIpc) is 2.92. The zero-order chi connectivity index (χ0) is 17.3. The molecular weight excluding hydrogens is 314 g/mol. The van der Waals surface area contributed by atoms with Gasteiger partial charge >= 0.3 is 5.97 Å². The number of carbonyl (C=O) groups excluding carboxylic acids is 2. The maximum atomic E-state index is 12.6. The number of hydrogen-bond donors (Lipinski definition) is 0. The van der Waals surface area contributed by atoms with Gasteiger partial charge in [-0.15, -0.1) is 0 Å². The van der Waals surface area contributed by atoms with E-state index < -0.39 is 5.60 Å². The van der Waals surface area contributed by atoms with Crippen LogP contribution in [0, 0.1) is 0 Å². The topological polar surface area (TPSA) is 46.6 Å². The lowest BCUT2D eigenvalue weighted by Gasteiger charge is -2.39. The fourth-order valence-electron chi connectivity index (χ4n) is 3.70. The van der Waals surface area contributed by atoms with E-state index in [4.69, 9.17) is 4.74 Å². The second-order valence-electron chi connectivity index (χ2n) is 6.54. The van der Waals surface area contributed by atoms with E-state index in [2.05, 4.69) is 0 Å². The predicted octanol–water partition coefficient (Wildman–Crippen LogP) is 3.39. The minimum atomic E-state index is -0.692. The van der Waals surface area contributed by atoms with Crippen molar-refractivity contribution in [2.75, 3.05) is 13.1 Å². The summed E-state index contributed by atoms with van der Waals surface area (Å²) in [7, 11) is 0. The molecule has 2 heterocycles. The Labute approximate surface area is 146 Å². The third kappa shape index (κ3) is 2.84. The van der Waals surface area contributed by atoms with Gasteiger partial charge in [-0.05, 0) is 30.5 Å². The van der Waals surface area contributed by atoms with Gasteiger partial charge in [0.1, 0.15) is 0 Å². The molecular formula is C21H19NO3. The summed E-state index contributed by atoms with van der Waals surface area (Å²) in [6.07, 6.45) is 4.98. The van der Waals surface area contributed by atoms with E-state index in [0.29, 0.717) is 18.7 Å². The average molecular weight is 333 g/mol. The number of piperidine rings is 1. The van der Waals surface area contributed by atoms with E-state index in [1.165, 1.54) is 0 Å². The quantitative estimate of drug-likeness (QED) is 0.625. The second-order valence-corrected chi connectivity index (χ2v) is 6.54. The molecule has 2 aromatic rings. The van der Waals surface area contributed by atoms with Crippen LogP contribution in [0.25, 0.3) is 6.08 Å². The van der Waals surface area contributed by atoms with Crippen LogP contribution in [0.15, 0.2) is 60.7 Å². The van der Waals surface area contributed by atoms with Crippen LogP contribution in [-0.4, -0.2) is 29.9 Å². The Balaban J connectivity index is 1.55. The highest BCUT2D eigenvalue weighted by Gasteiger charge is 2.48. The van der Waals surface area contributed by atoms with Gasteiger partial charge in [0.2, 0.25) is 5.91 Å². The lowest BCUT2D eigenvalue weighted by molar-refractivity contribution is -0.133. The van der Waals surface area contributed by atoms with Crippen LogP contribution >= 0.6 is 0 Å². The molecule has 2 aliphatic rings. The molecule has 4 heteroatoms. The zero-order valence-electron chi connectivity index (χ0n) is 13.9. The van der Waals surface area contributed by atoms with Crippen molar-refractivity contribution in [3.63, 3.8) is 0 Å². The van der Waals surface area contributed by atoms with Crippen molar-refractivity contribution >= 4 is 18.0 Å². The summed E-state index contributed by atoms with van der Waals surface area (Å²) >= 11 is 0. The van der Waals surface area contributed by atoms with E-state index >= 15 is 0 Å². The van der Waals surface area contributed by atoms with Gasteiger partial charge in [0.05, 0.1) is 12.1 Å². The van der Waals surface area contributed by atoms with E-state index in [9.17, 15) is 9.59 Å². The first kappa shape index (κ1) is 15.6. The molecule has 1 saturated heterocycles. The lowest BCUT2D eigenvalue weighted by atomic mass is 9.85. The predicted molar refractivity (Wildman–Crippen MR) is 94.8 cm³/mol. The third-order valence-electron chi connectivity index (χ3n) is 4.91. The van der Waals surface area contributed by atoms with Crippen molar-refractivity contribution < 1.29 is 14.3 Å². The molecule has 0 bridgehead atoms. The van der Waals surface area contributed by atoms with Crippen LogP contribution in [-0.2, 0) is 15.1 Å². The summed E-state index contributed by atoms with van der Waals surface area (Å²) in [6.45, 7) is 1.09. The maximum absolute atomic E-state index is 12.6. The molecule has 1 amide bonds. The summed E-state index contributed by atoms with van der Waals surface area (Å²) in [5.74, 6) is -0.340. The number of carbonyl (C=O) groups is 2. The minimum Gasteiger partial charge on any atom is -0.449 e. The van der Waals surface area contributed by atoms with Gasteiger partial charge in [0, 0.05) is 18.2 Å². The Hall–Kier alpha value is -2.88. The lowest BCUT2D eigenvalue weighted by Crippen LogP contribution is -2.48. The number of rotatable bonds is 2. The molecule has 25 heavy (non-hydrogen) atoms. The van der Waals surface area contributed by atoms with Crippen LogP contribution in [0.1, 0.15) is 34.3 Å². The third-order valence-corrected chi connectivity index (χ3v) is 4.91. The number of benzene rings is 2. The van der Waals surface area contributed by atoms with Crippen LogP contribution < -0.4 is 0 Å². The Morgan fingerprint density at radius 1 is 1.08 bits per heavy atom. The highest BCUT2D eigenvalue weighted by atomic mass is 16.6. The fraction of sp³-hybridized carbons (Fsp3) is 0.238. The molecule has 0 saturated carbocycles. The maximum Gasteiger partial charge on any atom is 0.339 e. The van der Waals surface area contributed by atoms with Crippen LogP contribution in [0.3, 0.4) is 0 Å². The number of hydrogen-bond acceptors (Lipinski definition) is 3. The van der Waals surface area contributed by atoms with Gasteiger partial charge < -0.3 is 9.64 Å². The van der Waals surface area contributed by atoms with Gasteiger partial charge in [-0.25, -0.2) is 4.79 Å². The van der Waals surface area contributed by atoms with E-state index in [1.807, 2.05) is 54.6 Å². The molecule has 4 nitrogen and oxygen atoms in total. The highest BCUT2D eigenvalue weighted by molar-refractivity contribution is 5.95. The molecule has 0 aliphatic carbocycles. The van der Waals surface area contributed by atoms with Crippen molar-refractivity contribution in [3.05, 3.63) is 77.4 Å². The molecule has 4 rings (SSSR count). The van der Waals surface area contributed by atoms with Crippen molar-refractivity contribution in [2.24, 2.45) is 0 Å². The highest BCUT2D eigenvalue weighted by Crippen LogP contribution is 2.42. The Kier molecular flexibility index (Phi) is 3.88. The molecule has 1 spiro atoms. The molecule has 126 valence electrons. The largest absolute Gasteiger partial charge is 0.449 e. The number of nitrogens with zero attached hydrogens (tertiary/aromatic N) is 1. The fourth-order valence-corrected chi connectivity index (χ4v) is 3.70. The summed E-state index contributed by atoms with van der Waals surface area (Å²) in [5, 5.41) is 0. The van der Waals surface area contributed by atoms with Gasteiger partial charge in [-0.1, -0.05) is 48.5 Å².